The lowest BCUT2D eigenvalue weighted by Crippen LogP contribution is -2.41. The first kappa shape index (κ1) is 13.5. The minimum Gasteiger partial charge on any atom is -0.325 e. The van der Waals surface area contributed by atoms with Crippen molar-refractivity contribution in [3.63, 3.8) is 0 Å². The Balaban J connectivity index is 2.08. The molecule has 0 bridgehead atoms. The van der Waals surface area contributed by atoms with Gasteiger partial charge in [-0.3, -0.25) is 0 Å². The lowest BCUT2D eigenvalue weighted by Gasteiger charge is -2.26. The summed E-state index contributed by atoms with van der Waals surface area (Å²) in [5.41, 5.74) is 6.83. The predicted molar refractivity (Wildman–Crippen MR) is 73.1 cm³/mol. The Bertz CT molecular complexity index is 408. The van der Waals surface area contributed by atoms with Crippen molar-refractivity contribution in [2.75, 3.05) is 0 Å². The van der Waals surface area contributed by atoms with Crippen molar-refractivity contribution in [2.24, 2.45) is 17.1 Å². The van der Waals surface area contributed by atoms with E-state index in [0.717, 1.165) is 31.6 Å². The molecule has 1 fully saturated rings. The maximum Gasteiger partial charge on any atom is 0.138 e. The van der Waals surface area contributed by atoms with E-state index in [0.29, 0.717) is 11.3 Å². The summed E-state index contributed by atoms with van der Waals surface area (Å²) in [6.07, 6.45) is 5.88. The Morgan fingerprint density at radius 2 is 2.11 bits per heavy atom. The number of rotatable bonds is 4. The van der Waals surface area contributed by atoms with E-state index >= 15 is 0 Å². The zero-order valence-electron chi connectivity index (χ0n) is 12.1. The predicted octanol–water partition coefficient (Wildman–Crippen LogP) is 2.38. The zero-order valence-corrected chi connectivity index (χ0v) is 12.1. The molecule has 2 rings (SSSR count). The molecule has 1 aromatic heterocycles. The highest BCUT2D eigenvalue weighted by atomic mass is 15.3. The van der Waals surface area contributed by atoms with Gasteiger partial charge in [0.25, 0.3) is 0 Å². The normalized spacial score (nSPS) is 27.0. The van der Waals surface area contributed by atoms with Crippen molar-refractivity contribution >= 4 is 0 Å². The van der Waals surface area contributed by atoms with E-state index < -0.39 is 0 Å². The maximum absolute atomic E-state index is 6.54. The molecule has 0 amide bonds. The van der Waals surface area contributed by atoms with Gasteiger partial charge in [0.1, 0.15) is 12.2 Å². The largest absolute Gasteiger partial charge is 0.325 e. The molecule has 1 aromatic rings. The van der Waals surface area contributed by atoms with E-state index in [1.807, 2.05) is 4.68 Å². The monoisotopic (exact) mass is 250 g/mol. The van der Waals surface area contributed by atoms with Crippen LogP contribution in [0.4, 0.5) is 0 Å². The first-order valence-electron chi connectivity index (χ1n) is 6.95. The van der Waals surface area contributed by atoms with Crippen LogP contribution in [-0.2, 0) is 13.0 Å². The molecular weight excluding hydrogens is 224 g/mol. The van der Waals surface area contributed by atoms with Gasteiger partial charge >= 0.3 is 0 Å². The molecule has 102 valence electrons. The minimum absolute atomic E-state index is 0.0920. The SMILES string of the molecule is CC(C)Cn1ncnc1CC1(N)CCC(C)(C)C1. The average Bonchev–Trinajstić information content (AvgIpc) is 2.72. The second-order valence-electron chi connectivity index (χ2n) is 7.13. The average molecular weight is 250 g/mol. The van der Waals surface area contributed by atoms with Crippen LogP contribution in [0.2, 0.25) is 0 Å². The number of aromatic nitrogens is 3. The van der Waals surface area contributed by atoms with E-state index in [1.165, 1.54) is 6.42 Å². The number of nitrogens with zero attached hydrogens (tertiary/aromatic N) is 3. The molecule has 1 aliphatic rings. The molecule has 2 N–H and O–H groups in total. The fourth-order valence-electron chi connectivity index (χ4n) is 3.11. The van der Waals surface area contributed by atoms with E-state index in [2.05, 4.69) is 37.8 Å². The van der Waals surface area contributed by atoms with Crippen LogP contribution >= 0.6 is 0 Å². The summed E-state index contributed by atoms with van der Waals surface area (Å²) in [4.78, 5) is 4.40. The van der Waals surface area contributed by atoms with Crippen molar-refractivity contribution in [3.8, 4) is 0 Å². The third kappa shape index (κ3) is 3.10. The summed E-state index contributed by atoms with van der Waals surface area (Å²) in [7, 11) is 0. The van der Waals surface area contributed by atoms with Crippen molar-refractivity contribution in [2.45, 2.75) is 65.5 Å². The molecule has 0 radical (unpaired) electrons. The fourth-order valence-corrected chi connectivity index (χ4v) is 3.11. The molecular formula is C14H26N4. The molecule has 1 atom stereocenters. The van der Waals surface area contributed by atoms with Gasteiger partial charge in [0.05, 0.1) is 0 Å². The van der Waals surface area contributed by atoms with Gasteiger partial charge in [-0.2, -0.15) is 5.10 Å². The summed E-state index contributed by atoms with van der Waals surface area (Å²) in [6.45, 7) is 9.93. The summed E-state index contributed by atoms with van der Waals surface area (Å²) in [5.74, 6) is 1.63. The van der Waals surface area contributed by atoms with Gasteiger partial charge in [-0.25, -0.2) is 9.67 Å². The summed E-state index contributed by atoms with van der Waals surface area (Å²) >= 11 is 0. The molecule has 0 spiro atoms. The van der Waals surface area contributed by atoms with Crippen LogP contribution in [0.1, 0.15) is 52.8 Å². The highest BCUT2D eigenvalue weighted by molar-refractivity contribution is 5.04. The summed E-state index contributed by atoms with van der Waals surface area (Å²) in [5, 5.41) is 4.32. The summed E-state index contributed by atoms with van der Waals surface area (Å²) in [6, 6.07) is 0. The highest BCUT2D eigenvalue weighted by Crippen LogP contribution is 2.43. The molecule has 4 heteroatoms. The Kier molecular flexibility index (Phi) is 3.49. The first-order chi connectivity index (χ1) is 8.30. The zero-order chi connectivity index (χ0) is 13.4. The maximum atomic E-state index is 6.54. The summed E-state index contributed by atoms with van der Waals surface area (Å²) < 4.78 is 2.02. The molecule has 1 aliphatic carbocycles. The van der Waals surface area contributed by atoms with Crippen LogP contribution in [0.25, 0.3) is 0 Å². The second kappa shape index (κ2) is 4.65. The van der Waals surface area contributed by atoms with Gasteiger partial charge in [-0.15, -0.1) is 0 Å². The Morgan fingerprint density at radius 3 is 2.67 bits per heavy atom. The van der Waals surface area contributed by atoms with Gasteiger partial charge in [0.15, 0.2) is 0 Å². The molecule has 1 heterocycles. The van der Waals surface area contributed by atoms with Gasteiger partial charge in [0.2, 0.25) is 0 Å². The van der Waals surface area contributed by atoms with Crippen LogP contribution in [0.5, 0.6) is 0 Å². The van der Waals surface area contributed by atoms with E-state index in [-0.39, 0.29) is 5.54 Å². The Labute approximate surface area is 110 Å². The molecule has 1 unspecified atom stereocenters. The van der Waals surface area contributed by atoms with E-state index in [4.69, 9.17) is 5.73 Å². The van der Waals surface area contributed by atoms with Crippen molar-refractivity contribution in [1.29, 1.82) is 0 Å². The molecule has 0 saturated heterocycles. The number of hydrogen-bond donors (Lipinski definition) is 1. The molecule has 1 saturated carbocycles. The fraction of sp³-hybridized carbons (Fsp3) is 0.857. The molecule has 4 nitrogen and oxygen atoms in total. The van der Waals surface area contributed by atoms with Crippen LogP contribution in [0.15, 0.2) is 6.33 Å². The number of hydrogen-bond acceptors (Lipinski definition) is 3. The van der Waals surface area contributed by atoms with Gasteiger partial charge in [-0.1, -0.05) is 27.7 Å². The van der Waals surface area contributed by atoms with Gasteiger partial charge in [0, 0.05) is 18.5 Å². The van der Waals surface area contributed by atoms with Crippen molar-refractivity contribution in [1.82, 2.24) is 14.8 Å². The van der Waals surface area contributed by atoms with Crippen molar-refractivity contribution < 1.29 is 0 Å². The third-order valence-electron chi connectivity index (χ3n) is 3.87. The van der Waals surface area contributed by atoms with Gasteiger partial charge in [-0.05, 0) is 30.6 Å². The smallest absolute Gasteiger partial charge is 0.138 e. The Hall–Kier alpha value is -0.900. The minimum atomic E-state index is -0.0920. The Morgan fingerprint density at radius 1 is 1.39 bits per heavy atom. The molecule has 18 heavy (non-hydrogen) atoms. The molecule has 0 aromatic carbocycles. The van der Waals surface area contributed by atoms with Crippen LogP contribution in [0.3, 0.4) is 0 Å². The lowest BCUT2D eigenvalue weighted by atomic mass is 9.86. The highest BCUT2D eigenvalue weighted by Gasteiger charge is 2.41. The second-order valence-corrected chi connectivity index (χ2v) is 7.13. The van der Waals surface area contributed by atoms with E-state index in [9.17, 15) is 0 Å². The van der Waals surface area contributed by atoms with Crippen LogP contribution < -0.4 is 5.73 Å². The molecule has 0 aliphatic heterocycles. The van der Waals surface area contributed by atoms with Crippen molar-refractivity contribution in [3.05, 3.63) is 12.2 Å². The topological polar surface area (TPSA) is 56.7 Å². The van der Waals surface area contributed by atoms with E-state index in [1.54, 1.807) is 6.33 Å². The van der Waals surface area contributed by atoms with Crippen LogP contribution in [-0.4, -0.2) is 20.3 Å². The van der Waals surface area contributed by atoms with Gasteiger partial charge < -0.3 is 5.73 Å². The van der Waals surface area contributed by atoms with Crippen LogP contribution in [0, 0.1) is 11.3 Å². The quantitative estimate of drug-likeness (QED) is 0.892. The standard InChI is InChI=1S/C14H26N4/c1-11(2)8-18-12(16-10-17-18)7-14(15)6-5-13(3,4)9-14/h10-11H,5-9,15H2,1-4H3. The third-order valence-corrected chi connectivity index (χ3v) is 3.87. The lowest BCUT2D eigenvalue weighted by molar-refractivity contribution is 0.326. The first-order valence-corrected chi connectivity index (χ1v) is 6.95. The number of nitrogens with two attached hydrogens (primary N) is 1.